The predicted molar refractivity (Wildman–Crippen MR) is 139 cm³/mol. The van der Waals surface area contributed by atoms with Crippen LogP contribution in [0.1, 0.15) is 11.3 Å². The van der Waals surface area contributed by atoms with Crippen LogP contribution in [0.15, 0.2) is 73.6 Å². The van der Waals surface area contributed by atoms with E-state index < -0.39 is 0 Å². The van der Waals surface area contributed by atoms with E-state index in [1.807, 2.05) is 30.6 Å². The van der Waals surface area contributed by atoms with Crippen molar-refractivity contribution in [3.05, 3.63) is 84.8 Å². The molecule has 1 aliphatic rings. The molecule has 0 unspecified atom stereocenters. The molecule has 3 aromatic heterocycles. The maximum atomic E-state index is 6.16. The maximum Gasteiger partial charge on any atom is 0.227 e. The number of hydrogen-bond acceptors (Lipinski definition) is 9. The molecule has 0 spiro atoms. The Balaban J connectivity index is 1.25. The lowest BCUT2D eigenvalue weighted by Crippen LogP contribution is -2.35. The quantitative estimate of drug-likeness (QED) is 0.331. The number of aromatic amines is 1. The van der Waals surface area contributed by atoms with Gasteiger partial charge in [-0.25, -0.2) is 9.97 Å². The molecule has 1 aliphatic heterocycles. The molecule has 2 aromatic carbocycles. The van der Waals surface area contributed by atoms with Gasteiger partial charge >= 0.3 is 0 Å². The highest BCUT2D eigenvalue weighted by molar-refractivity contribution is 5.88. The van der Waals surface area contributed by atoms with Crippen molar-refractivity contribution in [3.63, 3.8) is 0 Å². The lowest BCUT2D eigenvalue weighted by molar-refractivity contribution is 0.0342. The van der Waals surface area contributed by atoms with E-state index in [-0.39, 0.29) is 6.61 Å². The molecule has 6 rings (SSSR count). The van der Waals surface area contributed by atoms with Gasteiger partial charge < -0.3 is 14.8 Å². The summed E-state index contributed by atoms with van der Waals surface area (Å²) in [6, 6.07) is 12.3. The number of morpholine rings is 1. The first kappa shape index (κ1) is 23.0. The number of nitrogens with one attached hydrogen (secondary N) is 2. The number of benzene rings is 2. The summed E-state index contributed by atoms with van der Waals surface area (Å²) in [6.45, 7) is 4.66. The molecule has 1 saturated heterocycles. The third kappa shape index (κ3) is 5.55. The molecule has 2 N–H and O–H groups in total. The average Bonchev–Trinajstić information content (AvgIpc) is 3.48. The number of H-pyrrole nitrogens is 1. The van der Waals surface area contributed by atoms with Crippen LogP contribution in [0.4, 0.5) is 11.6 Å². The fraction of sp³-hybridized carbons (Fsp3) is 0.222. The molecule has 10 nitrogen and oxygen atoms in total. The number of aromatic nitrogens is 6. The summed E-state index contributed by atoms with van der Waals surface area (Å²) in [5.41, 5.74) is 5.49. The molecule has 0 amide bonds. The van der Waals surface area contributed by atoms with Crippen LogP contribution in [0, 0.1) is 0 Å². The summed E-state index contributed by atoms with van der Waals surface area (Å²) in [7, 11) is 0. The van der Waals surface area contributed by atoms with Crippen molar-refractivity contribution in [2.24, 2.45) is 0 Å². The van der Waals surface area contributed by atoms with Gasteiger partial charge in [0.1, 0.15) is 12.4 Å². The second-order valence-electron chi connectivity index (χ2n) is 8.79. The van der Waals surface area contributed by atoms with Crippen LogP contribution in [-0.2, 0) is 17.9 Å². The van der Waals surface area contributed by atoms with Crippen molar-refractivity contribution in [1.29, 1.82) is 0 Å². The van der Waals surface area contributed by atoms with Crippen LogP contribution in [-0.4, -0.2) is 61.3 Å². The van der Waals surface area contributed by atoms with Gasteiger partial charge in [0.2, 0.25) is 5.95 Å². The zero-order valence-electron chi connectivity index (χ0n) is 20.2. The van der Waals surface area contributed by atoms with Gasteiger partial charge in [-0.1, -0.05) is 12.1 Å². The Bertz CT molecular complexity index is 1470. The lowest BCUT2D eigenvalue weighted by Gasteiger charge is -2.26. The monoisotopic (exact) mass is 494 g/mol. The molecule has 10 heteroatoms. The van der Waals surface area contributed by atoms with Gasteiger partial charge in [0, 0.05) is 72.7 Å². The van der Waals surface area contributed by atoms with Crippen molar-refractivity contribution in [2.75, 3.05) is 31.6 Å². The second kappa shape index (κ2) is 10.7. The van der Waals surface area contributed by atoms with Gasteiger partial charge in [0.25, 0.3) is 0 Å². The lowest BCUT2D eigenvalue weighted by atomic mass is 10.1. The summed E-state index contributed by atoms with van der Waals surface area (Å²) in [5, 5.41) is 11.2. The van der Waals surface area contributed by atoms with Gasteiger partial charge in [-0.05, 0) is 23.8 Å². The fourth-order valence-corrected chi connectivity index (χ4v) is 4.31. The minimum Gasteiger partial charge on any atom is -0.487 e. The minimum absolute atomic E-state index is 0.288. The van der Waals surface area contributed by atoms with Gasteiger partial charge in [0.05, 0.1) is 36.8 Å². The van der Waals surface area contributed by atoms with E-state index in [4.69, 9.17) is 14.5 Å². The Hall–Kier alpha value is -4.41. The molecule has 186 valence electrons. The molecule has 5 aromatic rings. The third-order valence-electron chi connectivity index (χ3n) is 6.18. The highest BCUT2D eigenvalue weighted by Crippen LogP contribution is 2.34. The molecule has 1 fully saturated rings. The molecule has 0 saturated carbocycles. The topological polar surface area (TPSA) is 114 Å². The largest absolute Gasteiger partial charge is 0.487 e. The summed E-state index contributed by atoms with van der Waals surface area (Å²) in [5.74, 6) is 1.20. The van der Waals surface area contributed by atoms with Crippen molar-refractivity contribution in [3.8, 4) is 16.9 Å². The van der Waals surface area contributed by atoms with Crippen LogP contribution in [0.3, 0.4) is 0 Å². The van der Waals surface area contributed by atoms with E-state index in [1.165, 1.54) is 5.56 Å². The minimum atomic E-state index is 0.288. The van der Waals surface area contributed by atoms with Gasteiger partial charge in [0.15, 0.2) is 0 Å². The first-order valence-electron chi connectivity index (χ1n) is 12.1. The summed E-state index contributed by atoms with van der Waals surface area (Å²) < 4.78 is 11.6. The van der Waals surface area contributed by atoms with Crippen LogP contribution < -0.4 is 10.1 Å². The number of ether oxygens (including phenoxy) is 2. The van der Waals surface area contributed by atoms with Crippen molar-refractivity contribution in [1.82, 2.24) is 35.0 Å². The van der Waals surface area contributed by atoms with E-state index >= 15 is 0 Å². The summed E-state index contributed by atoms with van der Waals surface area (Å²) >= 11 is 0. The number of hydrogen-bond donors (Lipinski definition) is 2. The first-order chi connectivity index (χ1) is 18.3. The Morgan fingerprint density at radius 1 is 1.03 bits per heavy atom. The van der Waals surface area contributed by atoms with Crippen molar-refractivity contribution >= 4 is 22.5 Å². The average molecular weight is 495 g/mol. The fourth-order valence-electron chi connectivity index (χ4n) is 4.31. The number of anilines is 2. The van der Waals surface area contributed by atoms with Crippen LogP contribution in [0.25, 0.3) is 22.0 Å². The Morgan fingerprint density at radius 3 is 2.81 bits per heavy atom. The highest BCUT2D eigenvalue weighted by atomic mass is 16.5. The maximum absolute atomic E-state index is 6.16. The molecule has 0 bridgehead atoms. The standard InChI is InChI=1S/C27H26N8O2/c1-2-19(17-35-6-8-36-9-7-35)10-22(3-1)33-27-30-13-20-11-24(21-14-31-32-15-21)26(12-25(20)34-27)37-18-23-16-28-4-5-29-23/h1-5,10-16H,6-9,17-18H2,(H,31,32)(H,30,33,34). The normalized spacial score (nSPS) is 14.1. The SMILES string of the molecule is c1cc(CN2CCOCC2)cc(Nc2ncc3cc(-c4cn[nH]c4)c(OCc4cnccn4)cc3n2)c1. The van der Waals surface area contributed by atoms with E-state index in [1.54, 1.807) is 24.8 Å². The zero-order chi connectivity index (χ0) is 24.9. The van der Waals surface area contributed by atoms with E-state index in [2.05, 4.69) is 53.6 Å². The Kier molecular flexibility index (Phi) is 6.65. The molecule has 37 heavy (non-hydrogen) atoms. The smallest absolute Gasteiger partial charge is 0.227 e. The molecular formula is C27H26N8O2. The van der Waals surface area contributed by atoms with Gasteiger partial charge in [-0.3, -0.25) is 20.0 Å². The number of fused-ring (bicyclic) bond motifs is 1. The van der Waals surface area contributed by atoms with Crippen LogP contribution in [0.5, 0.6) is 5.75 Å². The Labute approximate surface area is 213 Å². The number of nitrogens with zero attached hydrogens (tertiary/aromatic N) is 6. The van der Waals surface area contributed by atoms with E-state index in [0.717, 1.165) is 66.3 Å². The predicted octanol–water partition coefficient (Wildman–Crippen LogP) is 3.96. The Morgan fingerprint density at radius 2 is 1.97 bits per heavy atom. The molecule has 0 aliphatic carbocycles. The van der Waals surface area contributed by atoms with Crippen molar-refractivity contribution in [2.45, 2.75) is 13.2 Å². The third-order valence-corrected chi connectivity index (χ3v) is 6.18. The van der Waals surface area contributed by atoms with E-state index in [0.29, 0.717) is 11.7 Å². The molecule has 4 heterocycles. The van der Waals surface area contributed by atoms with Gasteiger partial charge in [-0.2, -0.15) is 5.10 Å². The number of rotatable bonds is 8. The van der Waals surface area contributed by atoms with E-state index in [9.17, 15) is 0 Å². The van der Waals surface area contributed by atoms with Gasteiger partial charge in [-0.15, -0.1) is 0 Å². The highest BCUT2D eigenvalue weighted by Gasteiger charge is 2.14. The molecule has 0 radical (unpaired) electrons. The van der Waals surface area contributed by atoms with Crippen molar-refractivity contribution < 1.29 is 9.47 Å². The summed E-state index contributed by atoms with van der Waals surface area (Å²) in [6.07, 6.45) is 10.4. The van der Waals surface area contributed by atoms with Crippen LogP contribution >= 0.6 is 0 Å². The molecule has 0 atom stereocenters. The zero-order valence-corrected chi connectivity index (χ0v) is 20.2. The molecular weight excluding hydrogens is 468 g/mol. The first-order valence-corrected chi connectivity index (χ1v) is 12.1. The second-order valence-corrected chi connectivity index (χ2v) is 8.79. The summed E-state index contributed by atoms with van der Waals surface area (Å²) in [4.78, 5) is 20.2. The van der Waals surface area contributed by atoms with Crippen LogP contribution in [0.2, 0.25) is 0 Å².